The van der Waals surface area contributed by atoms with Gasteiger partial charge in [0.15, 0.2) is 0 Å². The molecule has 1 unspecified atom stereocenters. The molecule has 0 spiro atoms. The third-order valence-electron chi connectivity index (χ3n) is 3.14. The molecule has 1 aromatic carbocycles. The Kier molecular flexibility index (Phi) is 6.10. The van der Waals surface area contributed by atoms with Crippen LogP contribution < -0.4 is 10.6 Å². The van der Waals surface area contributed by atoms with Crippen molar-refractivity contribution < 1.29 is 13.9 Å². The number of likely N-dealkylation sites (N-methyl/N-ethyl adjacent to an activating group) is 1. The van der Waals surface area contributed by atoms with Crippen LogP contribution in [0.15, 0.2) is 22.7 Å². The van der Waals surface area contributed by atoms with E-state index in [9.17, 15) is 9.18 Å². The van der Waals surface area contributed by atoms with Gasteiger partial charge in [-0.2, -0.15) is 0 Å². The van der Waals surface area contributed by atoms with Gasteiger partial charge in [0.05, 0.1) is 24.9 Å². The number of ether oxygens (including phenoxy) is 1. The first-order chi connectivity index (χ1) is 10.0. The molecule has 1 heterocycles. The highest BCUT2D eigenvalue weighted by Gasteiger charge is 2.17. The number of hydrogen-bond donors (Lipinski definition) is 2. The molecule has 0 radical (unpaired) electrons. The molecule has 1 aliphatic rings. The van der Waals surface area contributed by atoms with E-state index >= 15 is 0 Å². The Labute approximate surface area is 132 Å². The average Bonchev–Trinajstić information content (AvgIpc) is 2.43. The number of halogens is 2. The number of nitrogens with zero attached hydrogens (tertiary/aromatic N) is 1. The van der Waals surface area contributed by atoms with Crippen LogP contribution in [0.4, 0.5) is 10.1 Å². The van der Waals surface area contributed by atoms with Crippen LogP contribution in [0.3, 0.4) is 0 Å². The monoisotopic (exact) mass is 359 g/mol. The summed E-state index contributed by atoms with van der Waals surface area (Å²) < 4.78 is 19.9. The van der Waals surface area contributed by atoms with Gasteiger partial charge in [-0.05, 0) is 25.2 Å². The van der Waals surface area contributed by atoms with E-state index < -0.39 is 5.82 Å². The minimum absolute atomic E-state index is 0.0842. The highest BCUT2D eigenvalue weighted by molar-refractivity contribution is 9.10. The number of nitrogens with one attached hydrogen (secondary N) is 2. The molecule has 5 nitrogen and oxygen atoms in total. The minimum atomic E-state index is -0.458. The Hall–Kier alpha value is -1.02. The fraction of sp³-hybridized carbons (Fsp3) is 0.500. The summed E-state index contributed by atoms with van der Waals surface area (Å²) in [5.74, 6) is -0.706. The summed E-state index contributed by atoms with van der Waals surface area (Å²) >= 11 is 3.18. The van der Waals surface area contributed by atoms with Crippen LogP contribution in [0.5, 0.6) is 0 Å². The third kappa shape index (κ3) is 5.35. The van der Waals surface area contributed by atoms with Gasteiger partial charge < -0.3 is 15.4 Å². The molecule has 116 valence electrons. The van der Waals surface area contributed by atoms with E-state index in [1.807, 2.05) is 11.9 Å². The predicted octanol–water partition coefficient (Wildman–Crippen LogP) is 1.45. The third-order valence-corrected chi connectivity index (χ3v) is 3.63. The summed E-state index contributed by atoms with van der Waals surface area (Å²) in [5, 5.41) is 5.81. The first-order valence-corrected chi connectivity index (χ1v) is 7.59. The Balaban J connectivity index is 1.80. The molecule has 0 saturated carbocycles. The first-order valence-electron chi connectivity index (χ1n) is 6.80. The molecule has 7 heteroatoms. The number of hydrogen-bond acceptors (Lipinski definition) is 4. The minimum Gasteiger partial charge on any atom is -0.374 e. The topological polar surface area (TPSA) is 53.6 Å². The SMILES string of the molecule is CN(CC(=O)Nc1ccc(Br)cc1F)CC1CNCCO1. The zero-order chi connectivity index (χ0) is 15.2. The van der Waals surface area contributed by atoms with E-state index in [1.165, 1.54) is 12.1 Å². The van der Waals surface area contributed by atoms with Gasteiger partial charge >= 0.3 is 0 Å². The number of amides is 1. The van der Waals surface area contributed by atoms with Crippen LogP contribution >= 0.6 is 15.9 Å². The first kappa shape index (κ1) is 16.4. The number of anilines is 1. The van der Waals surface area contributed by atoms with Gasteiger partial charge in [-0.25, -0.2) is 4.39 Å². The van der Waals surface area contributed by atoms with E-state index in [0.717, 1.165) is 13.1 Å². The molecular formula is C14H19BrFN3O2. The smallest absolute Gasteiger partial charge is 0.238 e. The maximum atomic E-state index is 13.6. The molecule has 1 saturated heterocycles. The highest BCUT2D eigenvalue weighted by Crippen LogP contribution is 2.19. The summed E-state index contributed by atoms with van der Waals surface area (Å²) in [6.07, 6.45) is 0.0842. The van der Waals surface area contributed by atoms with Crippen LogP contribution in [0.25, 0.3) is 0 Å². The van der Waals surface area contributed by atoms with Crippen molar-refractivity contribution >= 4 is 27.5 Å². The normalized spacial score (nSPS) is 18.8. The van der Waals surface area contributed by atoms with Crippen molar-refractivity contribution in [2.75, 3.05) is 45.2 Å². The van der Waals surface area contributed by atoms with Gasteiger partial charge in [0.25, 0.3) is 0 Å². The number of rotatable bonds is 5. The lowest BCUT2D eigenvalue weighted by molar-refractivity contribution is -0.117. The lowest BCUT2D eigenvalue weighted by Gasteiger charge is -2.27. The summed E-state index contributed by atoms with van der Waals surface area (Å²) in [6, 6.07) is 4.54. The Bertz CT molecular complexity index is 495. The second-order valence-electron chi connectivity index (χ2n) is 5.07. The molecule has 2 rings (SSSR count). The summed E-state index contributed by atoms with van der Waals surface area (Å²) in [5.41, 5.74) is 0.187. The zero-order valence-corrected chi connectivity index (χ0v) is 13.5. The molecule has 21 heavy (non-hydrogen) atoms. The summed E-state index contributed by atoms with van der Waals surface area (Å²) in [4.78, 5) is 13.8. The fourth-order valence-electron chi connectivity index (χ4n) is 2.17. The van der Waals surface area contributed by atoms with Crippen LogP contribution in [-0.2, 0) is 9.53 Å². The lowest BCUT2D eigenvalue weighted by atomic mass is 10.3. The predicted molar refractivity (Wildman–Crippen MR) is 82.8 cm³/mol. The van der Waals surface area contributed by atoms with Gasteiger partial charge in [0, 0.05) is 24.1 Å². The van der Waals surface area contributed by atoms with Crippen LogP contribution in [-0.4, -0.2) is 56.7 Å². The van der Waals surface area contributed by atoms with E-state index in [1.54, 1.807) is 6.07 Å². The Morgan fingerprint density at radius 3 is 3.10 bits per heavy atom. The Morgan fingerprint density at radius 1 is 1.62 bits per heavy atom. The molecule has 0 bridgehead atoms. The maximum Gasteiger partial charge on any atom is 0.238 e. The molecule has 0 aromatic heterocycles. The maximum absolute atomic E-state index is 13.6. The van der Waals surface area contributed by atoms with E-state index in [4.69, 9.17) is 4.74 Å². The lowest BCUT2D eigenvalue weighted by Crippen LogP contribution is -2.45. The average molecular weight is 360 g/mol. The second-order valence-corrected chi connectivity index (χ2v) is 5.98. The zero-order valence-electron chi connectivity index (χ0n) is 11.9. The summed E-state index contributed by atoms with van der Waals surface area (Å²) in [7, 11) is 1.84. The van der Waals surface area contributed by atoms with Crippen molar-refractivity contribution in [3.8, 4) is 0 Å². The molecule has 2 N–H and O–H groups in total. The number of morpholine rings is 1. The van der Waals surface area contributed by atoms with Gasteiger partial charge in [-0.15, -0.1) is 0 Å². The van der Waals surface area contributed by atoms with Crippen molar-refractivity contribution in [1.29, 1.82) is 0 Å². The van der Waals surface area contributed by atoms with Crippen molar-refractivity contribution in [3.05, 3.63) is 28.5 Å². The molecule has 1 fully saturated rings. The second kappa shape index (κ2) is 7.84. The van der Waals surface area contributed by atoms with Crippen LogP contribution in [0.2, 0.25) is 0 Å². The van der Waals surface area contributed by atoms with E-state index in [0.29, 0.717) is 17.6 Å². The van der Waals surface area contributed by atoms with Gasteiger partial charge in [-0.1, -0.05) is 15.9 Å². The van der Waals surface area contributed by atoms with Gasteiger partial charge in [0.1, 0.15) is 5.82 Å². The van der Waals surface area contributed by atoms with Crippen molar-refractivity contribution in [2.24, 2.45) is 0 Å². The molecule has 1 amide bonds. The number of carbonyl (C=O) groups is 1. The van der Waals surface area contributed by atoms with Gasteiger partial charge in [-0.3, -0.25) is 9.69 Å². The van der Waals surface area contributed by atoms with Gasteiger partial charge in [0.2, 0.25) is 5.91 Å². The van der Waals surface area contributed by atoms with Crippen molar-refractivity contribution in [2.45, 2.75) is 6.10 Å². The van der Waals surface area contributed by atoms with Crippen molar-refractivity contribution in [1.82, 2.24) is 10.2 Å². The molecule has 1 aromatic rings. The largest absolute Gasteiger partial charge is 0.374 e. The van der Waals surface area contributed by atoms with Crippen LogP contribution in [0, 0.1) is 5.82 Å². The van der Waals surface area contributed by atoms with Crippen molar-refractivity contribution in [3.63, 3.8) is 0 Å². The Morgan fingerprint density at radius 2 is 2.43 bits per heavy atom. The molecule has 0 aliphatic carbocycles. The number of benzene rings is 1. The standard InChI is InChI=1S/C14H19BrFN3O2/c1-19(8-11-7-17-4-5-21-11)9-14(20)18-13-3-2-10(15)6-12(13)16/h2-3,6,11,17H,4-5,7-9H2,1H3,(H,18,20). The fourth-order valence-corrected chi connectivity index (χ4v) is 2.51. The highest BCUT2D eigenvalue weighted by atomic mass is 79.9. The van der Waals surface area contributed by atoms with Crippen LogP contribution in [0.1, 0.15) is 0 Å². The van der Waals surface area contributed by atoms with E-state index in [2.05, 4.69) is 26.6 Å². The molecular weight excluding hydrogens is 341 g/mol. The quantitative estimate of drug-likeness (QED) is 0.835. The van der Waals surface area contributed by atoms with E-state index in [-0.39, 0.29) is 24.2 Å². The summed E-state index contributed by atoms with van der Waals surface area (Å²) in [6.45, 7) is 3.18. The molecule has 1 atom stereocenters. The molecule has 1 aliphatic heterocycles. The number of carbonyl (C=O) groups excluding carboxylic acids is 1.